The summed E-state index contributed by atoms with van der Waals surface area (Å²) in [5.41, 5.74) is 7.37. The van der Waals surface area contributed by atoms with Crippen LogP contribution in [0, 0.1) is 0 Å². The van der Waals surface area contributed by atoms with Crippen LogP contribution in [0.25, 0.3) is 11.3 Å². The summed E-state index contributed by atoms with van der Waals surface area (Å²) in [6.07, 6.45) is 0.701. The molecular weight excluding hydrogens is 244 g/mol. The number of rotatable bonds is 4. The van der Waals surface area contributed by atoms with Crippen LogP contribution in [0.3, 0.4) is 0 Å². The molecule has 2 rings (SSSR count). The molecule has 0 aliphatic heterocycles. The van der Waals surface area contributed by atoms with Gasteiger partial charge in [-0.25, -0.2) is 9.66 Å². The summed E-state index contributed by atoms with van der Waals surface area (Å²) < 4.78 is 12.1. The maximum Gasteiger partial charge on any atom is 0.170 e. The van der Waals surface area contributed by atoms with Crippen LogP contribution in [0.4, 0.5) is 5.82 Å². The minimum atomic E-state index is 0.406. The highest BCUT2D eigenvalue weighted by Gasteiger charge is 2.19. The van der Waals surface area contributed by atoms with E-state index in [9.17, 15) is 0 Å². The number of para-hydroxylation sites is 1. The number of nitrogens with two attached hydrogens (primary N) is 2. The van der Waals surface area contributed by atoms with Crippen LogP contribution in [0.15, 0.2) is 18.2 Å². The molecule has 1 aromatic heterocycles. The molecule has 0 amide bonds. The molecule has 0 saturated carbocycles. The Morgan fingerprint density at radius 1 is 1.26 bits per heavy atom. The third-order valence-electron chi connectivity index (χ3n) is 3.00. The third kappa shape index (κ3) is 2.05. The van der Waals surface area contributed by atoms with E-state index in [-0.39, 0.29) is 0 Å². The smallest absolute Gasteiger partial charge is 0.170 e. The molecule has 1 heterocycles. The normalized spacial score (nSPS) is 10.5. The van der Waals surface area contributed by atoms with E-state index in [1.807, 2.05) is 25.1 Å². The largest absolute Gasteiger partial charge is 0.493 e. The molecule has 0 spiro atoms. The van der Waals surface area contributed by atoms with Crippen LogP contribution >= 0.6 is 0 Å². The summed E-state index contributed by atoms with van der Waals surface area (Å²) in [4.78, 5) is 4.46. The Kier molecular flexibility index (Phi) is 3.50. The van der Waals surface area contributed by atoms with E-state index >= 15 is 0 Å². The zero-order valence-electron chi connectivity index (χ0n) is 11.3. The van der Waals surface area contributed by atoms with Crippen molar-refractivity contribution in [1.29, 1.82) is 0 Å². The Morgan fingerprint density at radius 3 is 2.53 bits per heavy atom. The van der Waals surface area contributed by atoms with Crippen molar-refractivity contribution in [2.75, 3.05) is 25.8 Å². The van der Waals surface area contributed by atoms with Gasteiger partial charge in [-0.15, -0.1) is 0 Å². The minimum Gasteiger partial charge on any atom is -0.493 e. The fraction of sp³-hybridized carbons (Fsp3) is 0.308. The molecule has 0 radical (unpaired) electrons. The van der Waals surface area contributed by atoms with E-state index in [1.165, 1.54) is 4.68 Å². The van der Waals surface area contributed by atoms with Crippen molar-refractivity contribution in [3.05, 3.63) is 24.0 Å². The molecule has 1 aromatic carbocycles. The van der Waals surface area contributed by atoms with Crippen molar-refractivity contribution < 1.29 is 9.47 Å². The predicted molar refractivity (Wildman–Crippen MR) is 74.7 cm³/mol. The first-order valence-electron chi connectivity index (χ1n) is 5.97. The Hall–Kier alpha value is -2.37. The molecule has 0 unspecified atom stereocenters. The first-order valence-corrected chi connectivity index (χ1v) is 5.97. The standard InChI is InChI=1S/C13H18N4O2/c1-4-10-16-11(13(14)17(10)15)8-6-5-7-9(18-2)12(8)19-3/h5-7H,4,14-15H2,1-3H3. The Bertz CT molecular complexity index is 593. The Labute approximate surface area is 111 Å². The van der Waals surface area contributed by atoms with Crippen molar-refractivity contribution >= 4 is 5.82 Å². The second-order valence-corrected chi connectivity index (χ2v) is 4.03. The minimum absolute atomic E-state index is 0.406. The number of nitrogen functional groups attached to an aromatic ring is 2. The van der Waals surface area contributed by atoms with Crippen molar-refractivity contribution in [3.63, 3.8) is 0 Å². The highest BCUT2D eigenvalue weighted by molar-refractivity contribution is 5.78. The number of benzene rings is 1. The molecule has 0 aliphatic rings. The lowest BCUT2D eigenvalue weighted by Crippen LogP contribution is -2.14. The van der Waals surface area contributed by atoms with Gasteiger partial charge in [0, 0.05) is 12.0 Å². The van der Waals surface area contributed by atoms with Crippen LogP contribution in [-0.4, -0.2) is 23.9 Å². The molecular formula is C13H18N4O2. The van der Waals surface area contributed by atoms with E-state index < -0.39 is 0 Å². The van der Waals surface area contributed by atoms with E-state index in [0.29, 0.717) is 29.4 Å². The summed E-state index contributed by atoms with van der Waals surface area (Å²) in [6.45, 7) is 1.97. The number of aromatic nitrogens is 2. The predicted octanol–water partition coefficient (Wildman–Crippen LogP) is 1.43. The van der Waals surface area contributed by atoms with E-state index in [4.69, 9.17) is 21.1 Å². The van der Waals surface area contributed by atoms with Gasteiger partial charge < -0.3 is 21.1 Å². The highest BCUT2D eigenvalue weighted by Crippen LogP contribution is 2.39. The van der Waals surface area contributed by atoms with Gasteiger partial charge in [0.25, 0.3) is 0 Å². The van der Waals surface area contributed by atoms with Gasteiger partial charge in [0.05, 0.1) is 14.2 Å². The summed E-state index contributed by atoms with van der Waals surface area (Å²) in [5.74, 6) is 8.22. The molecule has 6 heteroatoms. The summed E-state index contributed by atoms with van der Waals surface area (Å²) in [6, 6.07) is 5.55. The van der Waals surface area contributed by atoms with Crippen LogP contribution in [-0.2, 0) is 6.42 Å². The number of hydrogen-bond acceptors (Lipinski definition) is 5. The topological polar surface area (TPSA) is 88.3 Å². The van der Waals surface area contributed by atoms with Crippen LogP contribution in [0.1, 0.15) is 12.7 Å². The highest BCUT2D eigenvalue weighted by atomic mass is 16.5. The molecule has 0 atom stereocenters. The number of ether oxygens (including phenoxy) is 2. The average Bonchev–Trinajstić information content (AvgIpc) is 2.73. The zero-order valence-corrected chi connectivity index (χ0v) is 11.3. The zero-order chi connectivity index (χ0) is 14.0. The van der Waals surface area contributed by atoms with Gasteiger partial charge in [0.15, 0.2) is 17.3 Å². The third-order valence-corrected chi connectivity index (χ3v) is 3.00. The Balaban J connectivity index is 2.65. The van der Waals surface area contributed by atoms with E-state index in [1.54, 1.807) is 14.2 Å². The van der Waals surface area contributed by atoms with Gasteiger partial charge in [-0.1, -0.05) is 13.0 Å². The van der Waals surface area contributed by atoms with Crippen LogP contribution < -0.4 is 21.1 Å². The second kappa shape index (κ2) is 5.09. The number of methoxy groups -OCH3 is 2. The lowest BCUT2D eigenvalue weighted by molar-refractivity contribution is 0.356. The molecule has 2 aromatic rings. The lowest BCUT2D eigenvalue weighted by atomic mass is 10.1. The quantitative estimate of drug-likeness (QED) is 0.814. The van der Waals surface area contributed by atoms with Gasteiger partial charge >= 0.3 is 0 Å². The molecule has 6 nitrogen and oxygen atoms in total. The molecule has 4 N–H and O–H groups in total. The SMILES string of the molecule is CCc1nc(-c2cccc(OC)c2OC)c(N)n1N. The maximum atomic E-state index is 6.01. The first-order chi connectivity index (χ1) is 9.13. The summed E-state index contributed by atoms with van der Waals surface area (Å²) >= 11 is 0. The molecule has 0 fully saturated rings. The lowest BCUT2D eigenvalue weighted by Gasteiger charge is -2.11. The second-order valence-electron chi connectivity index (χ2n) is 4.03. The van der Waals surface area contributed by atoms with Crippen molar-refractivity contribution in [1.82, 2.24) is 9.66 Å². The number of anilines is 1. The number of imidazole rings is 1. The first kappa shape index (κ1) is 13.1. The van der Waals surface area contributed by atoms with E-state index in [2.05, 4.69) is 4.98 Å². The molecule has 102 valence electrons. The van der Waals surface area contributed by atoms with Crippen LogP contribution in [0.2, 0.25) is 0 Å². The fourth-order valence-electron chi connectivity index (χ4n) is 2.01. The number of hydrogen-bond donors (Lipinski definition) is 2. The van der Waals surface area contributed by atoms with Gasteiger partial charge in [-0.3, -0.25) is 0 Å². The maximum absolute atomic E-state index is 6.01. The molecule has 0 aliphatic carbocycles. The fourth-order valence-corrected chi connectivity index (χ4v) is 2.01. The van der Waals surface area contributed by atoms with Gasteiger partial charge in [-0.2, -0.15) is 0 Å². The number of nitrogens with zero attached hydrogens (tertiary/aromatic N) is 2. The molecule has 19 heavy (non-hydrogen) atoms. The monoisotopic (exact) mass is 262 g/mol. The summed E-state index contributed by atoms with van der Waals surface area (Å²) in [7, 11) is 3.17. The van der Waals surface area contributed by atoms with Gasteiger partial charge in [0.2, 0.25) is 0 Å². The van der Waals surface area contributed by atoms with Gasteiger partial charge in [0.1, 0.15) is 11.5 Å². The Morgan fingerprint density at radius 2 is 2.00 bits per heavy atom. The number of aryl methyl sites for hydroxylation is 1. The molecule has 0 saturated heterocycles. The average molecular weight is 262 g/mol. The van der Waals surface area contributed by atoms with Crippen molar-refractivity contribution in [3.8, 4) is 22.8 Å². The molecule has 0 bridgehead atoms. The van der Waals surface area contributed by atoms with E-state index in [0.717, 1.165) is 11.4 Å². The van der Waals surface area contributed by atoms with Crippen molar-refractivity contribution in [2.45, 2.75) is 13.3 Å². The van der Waals surface area contributed by atoms with Crippen LogP contribution in [0.5, 0.6) is 11.5 Å². The summed E-state index contributed by atoms with van der Waals surface area (Å²) in [5, 5.41) is 0. The van der Waals surface area contributed by atoms with Crippen molar-refractivity contribution in [2.24, 2.45) is 0 Å². The van der Waals surface area contributed by atoms with Gasteiger partial charge in [-0.05, 0) is 12.1 Å².